The molecule has 0 aromatic heterocycles. The van der Waals surface area contributed by atoms with E-state index in [1.165, 1.54) is 22.3 Å². The molecule has 2 aromatic rings. The van der Waals surface area contributed by atoms with Crippen LogP contribution in [0.25, 0.3) is 11.1 Å². The quantitative estimate of drug-likeness (QED) is 0.325. The summed E-state index contributed by atoms with van der Waals surface area (Å²) in [5, 5.41) is 0.559. The lowest BCUT2D eigenvalue weighted by Crippen LogP contribution is -2.49. The number of hydrogen-bond donors (Lipinski definition) is 0. The van der Waals surface area contributed by atoms with E-state index in [1.807, 2.05) is 6.08 Å². The summed E-state index contributed by atoms with van der Waals surface area (Å²) in [4.78, 5) is 0. The van der Waals surface area contributed by atoms with Crippen molar-refractivity contribution in [2.24, 2.45) is 0 Å². The summed E-state index contributed by atoms with van der Waals surface area (Å²) in [6.07, 6.45) is 1.97. The van der Waals surface area contributed by atoms with E-state index in [1.54, 1.807) is 0 Å². The number of thiocarbonyl (C=S) groups is 1. The van der Waals surface area contributed by atoms with Crippen molar-refractivity contribution in [1.82, 2.24) is 0 Å². The Labute approximate surface area is 153 Å². The van der Waals surface area contributed by atoms with Gasteiger partial charge >= 0.3 is 0 Å². The van der Waals surface area contributed by atoms with Gasteiger partial charge in [-0.15, -0.1) is 0 Å². The first kappa shape index (κ1) is 17.2. The van der Waals surface area contributed by atoms with Crippen molar-refractivity contribution >= 4 is 28.9 Å². The number of halogens is 1. The second-order valence-corrected chi connectivity index (χ2v) is 6.90. The van der Waals surface area contributed by atoms with Crippen molar-refractivity contribution in [3.8, 4) is 11.1 Å². The topological polar surface area (TPSA) is 9.23 Å². The standard InChI is InChI=1S/C20H21ClNOS/c1-2-11-22(14-20(24)23-15-21)12-16-7-3-5-9-18(16)19-10-6-4-8-17(19)13-22/h2-10H,1,11-15H2/q+1. The Kier molecular flexibility index (Phi) is 5.34. The molecule has 1 aliphatic rings. The fourth-order valence-electron chi connectivity index (χ4n) is 3.58. The van der Waals surface area contributed by atoms with Crippen LogP contribution in [0.4, 0.5) is 0 Å². The molecular formula is C20H21ClNOS+. The van der Waals surface area contributed by atoms with E-state index >= 15 is 0 Å². The predicted molar refractivity (Wildman–Crippen MR) is 104 cm³/mol. The molecule has 4 heteroatoms. The van der Waals surface area contributed by atoms with Crippen molar-refractivity contribution < 1.29 is 9.22 Å². The monoisotopic (exact) mass is 358 g/mol. The van der Waals surface area contributed by atoms with Gasteiger partial charge in [-0.05, 0) is 29.4 Å². The van der Waals surface area contributed by atoms with Gasteiger partial charge < -0.3 is 9.22 Å². The highest BCUT2D eigenvalue weighted by molar-refractivity contribution is 7.80. The van der Waals surface area contributed by atoms with Gasteiger partial charge in [-0.25, -0.2) is 0 Å². The average Bonchev–Trinajstić information content (AvgIpc) is 2.69. The maximum atomic E-state index is 5.69. The van der Waals surface area contributed by atoms with Crippen LogP contribution in [0.3, 0.4) is 0 Å². The summed E-state index contributed by atoms with van der Waals surface area (Å²) in [5.74, 6) is 0. The van der Waals surface area contributed by atoms with Crippen LogP contribution in [0.15, 0.2) is 61.2 Å². The zero-order valence-corrected chi connectivity index (χ0v) is 15.2. The number of benzene rings is 2. The molecule has 0 amide bonds. The second kappa shape index (κ2) is 7.47. The summed E-state index contributed by atoms with van der Waals surface area (Å²) in [6.45, 7) is 7.23. The lowest BCUT2D eigenvalue weighted by atomic mass is 9.97. The number of ether oxygens (including phenoxy) is 1. The molecule has 2 aromatic carbocycles. The molecule has 1 heterocycles. The molecule has 0 saturated carbocycles. The largest absolute Gasteiger partial charge is 0.466 e. The molecular weight excluding hydrogens is 338 g/mol. The molecule has 0 unspecified atom stereocenters. The minimum absolute atomic E-state index is 0.0973. The van der Waals surface area contributed by atoms with Gasteiger partial charge in [0, 0.05) is 11.1 Å². The minimum atomic E-state index is 0.0973. The lowest BCUT2D eigenvalue weighted by Gasteiger charge is -2.37. The smallest absolute Gasteiger partial charge is 0.216 e. The van der Waals surface area contributed by atoms with Gasteiger partial charge in [-0.1, -0.05) is 66.7 Å². The summed E-state index contributed by atoms with van der Waals surface area (Å²) in [5.41, 5.74) is 5.28. The minimum Gasteiger partial charge on any atom is -0.466 e. The predicted octanol–water partition coefficient (Wildman–Crippen LogP) is 4.91. The van der Waals surface area contributed by atoms with Crippen molar-refractivity contribution in [2.45, 2.75) is 13.1 Å². The first-order chi connectivity index (χ1) is 11.7. The van der Waals surface area contributed by atoms with Crippen LogP contribution in [0.5, 0.6) is 0 Å². The fourth-order valence-corrected chi connectivity index (χ4v) is 4.11. The number of rotatable bonds is 5. The molecule has 0 aliphatic carbocycles. The maximum Gasteiger partial charge on any atom is 0.216 e. The highest BCUT2D eigenvalue weighted by Gasteiger charge is 2.33. The maximum absolute atomic E-state index is 5.69. The van der Waals surface area contributed by atoms with Crippen molar-refractivity contribution in [1.29, 1.82) is 0 Å². The number of hydrogen-bond acceptors (Lipinski definition) is 2. The third-order valence-corrected chi connectivity index (χ3v) is 4.89. The molecule has 0 spiro atoms. The van der Waals surface area contributed by atoms with E-state index in [-0.39, 0.29) is 6.07 Å². The zero-order chi connectivity index (χ0) is 17.0. The van der Waals surface area contributed by atoms with Gasteiger partial charge in [0.2, 0.25) is 5.05 Å². The Morgan fingerprint density at radius 3 is 2.12 bits per heavy atom. The number of quaternary nitrogens is 1. The number of fused-ring (bicyclic) bond motifs is 3. The van der Waals surface area contributed by atoms with E-state index in [2.05, 4.69) is 55.1 Å². The zero-order valence-electron chi connectivity index (χ0n) is 13.6. The van der Waals surface area contributed by atoms with Crippen LogP contribution in [0, 0.1) is 0 Å². The van der Waals surface area contributed by atoms with E-state index < -0.39 is 0 Å². The van der Waals surface area contributed by atoms with E-state index in [0.29, 0.717) is 11.6 Å². The third-order valence-electron chi connectivity index (χ3n) is 4.53. The molecule has 24 heavy (non-hydrogen) atoms. The fraction of sp³-hybridized carbons (Fsp3) is 0.250. The van der Waals surface area contributed by atoms with E-state index in [9.17, 15) is 0 Å². The Morgan fingerprint density at radius 2 is 1.62 bits per heavy atom. The molecule has 0 atom stereocenters. The van der Waals surface area contributed by atoms with Gasteiger partial charge in [-0.2, -0.15) is 0 Å². The van der Waals surface area contributed by atoms with Gasteiger partial charge in [0.05, 0.1) is 6.54 Å². The average molecular weight is 359 g/mol. The molecule has 0 N–H and O–H groups in total. The molecule has 0 radical (unpaired) electrons. The van der Waals surface area contributed by atoms with Crippen LogP contribution >= 0.6 is 23.8 Å². The van der Waals surface area contributed by atoms with Crippen molar-refractivity contribution in [2.75, 3.05) is 19.2 Å². The van der Waals surface area contributed by atoms with Crippen LogP contribution in [0.1, 0.15) is 11.1 Å². The van der Waals surface area contributed by atoms with Gasteiger partial charge in [0.15, 0.2) is 6.07 Å². The van der Waals surface area contributed by atoms with Gasteiger partial charge in [0.1, 0.15) is 19.6 Å². The summed E-state index contributed by atoms with van der Waals surface area (Å²) >= 11 is 11.1. The first-order valence-electron chi connectivity index (χ1n) is 8.01. The highest BCUT2D eigenvalue weighted by Crippen LogP contribution is 2.35. The Bertz CT molecular complexity index is 711. The molecule has 3 rings (SSSR count). The molecule has 2 nitrogen and oxygen atoms in total. The first-order valence-corrected chi connectivity index (χ1v) is 8.95. The SMILES string of the molecule is C=CC[N+]1(CC(=S)OCCl)Cc2ccccc2-c2ccccc2C1. The Morgan fingerprint density at radius 1 is 1.08 bits per heavy atom. The summed E-state index contributed by atoms with van der Waals surface area (Å²) in [7, 11) is 0. The van der Waals surface area contributed by atoms with Crippen LogP contribution in [-0.4, -0.2) is 28.7 Å². The van der Waals surface area contributed by atoms with Crippen LogP contribution in [-0.2, 0) is 17.8 Å². The Balaban J connectivity index is 2.09. The van der Waals surface area contributed by atoms with Gasteiger partial charge in [-0.3, -0.25) is 0 Å². The molecule has 124 valence electrons. The normalized spacial score (nSPS) is 14.9. The third kappa shape index (κ3) is 3.54. The molecule has 0 fully saturated rings. The molecule has 0 bridgehead atoms. The van der Waals surface area contributed by atoms with E-state index in [4.69, 9.17) is 28.6 Å². The highest BCUT2D eigenvalue weighted by atomic mass is 35.5. The summed E-state index contributed by atoms with van der Waals surface area (Å²) in [6, 6.07) is 17.3. The Hall–Kier alpha value is -1.68. The second-order valence-electron chi connectivity index (χ2n) is 6.23. The summed E-state index contributed by atoms with van der Waals surface area (Å²) < 4.78 is 6.15. The van der Waals surface area contributed by atoms with Crippen molar-refractivity contribution in [3.05, 3.63) is 72.3 Å². The molecule has 0 saturated heterocycles. The van der Waals surface area contributed by atoms with Crippen LogP contribution in [0.2, 0.25) is 0 Å². The lowest BCUT2D eigenvalue weighted by molar-refractivity contribution is -0.940. The number of nitrogens with zero attached hydrogens (tertiary/aromatic N) is 1. The molecule has 1 aliphatic heterocycles. The number of alkyl halides is 1. The van der Waals surface area contributed by atoms with E-state index in [0.717, 1.165) is 24.1 Å². The van der Waals surface area contributed by atoms with Crippen molar-refractivity contribution in [3.63, 3.8) is 0 Å². The van der Waals surface area contributed by atoms with Gasteiger partial charge in [0.25, 0.3) is 0 Å². The van der Waals surface area contributed by atoms with Crippen LogP contribution < -0.4 is 0 Å².